The van der Waals surface area contributed by atoms with Gasteiger partial charge in [0.25, 0.3) is 0 Å². The lowest BCUT2D eigenvalue weighted by molar-refractivity contribution is -0.140. The van der Waals surface area contributed by atoms with Crippen LogP contribution in [-0.2, 0) is 37.5 Å². The summed E-state index contributed by atoms with van der Waals surface area (Å²) in [5.74, 6) is -1.69. The normalized spacial score (nSPS) is 20.3. The zero-order valence-corrected chi connectivity index (χ0v) is 26.9. The summed E-state index contributed by atoms with van der Waals surface area (Å²) in [6, 6.07) is 6.67. The summed E-state index contributed by atoms with van der Waals surface area (Å²) < 4.78 is 61.5. The summed E-state index contributed by atoms with van der Waals surface area (Å²) in [7, 11) is -3.74. The number of ether oxygens (including phenoxy) is 1. The number of piperidine rings is 1. The Hall–Kier alpha value is -2.16. The van der Waals surface area contributed by atoms with Gasteiger partial charge >= 0.3 is 0 Å². The molecule has 0 radical (unpaired) electrons. The molecule has 0 aromatic heterocycles. The zero-order chi connectivity index (χ0) is 31.1. The minimum Gasteiger partial charge on any atom is -0.371 e. The highest BCUT2D eigenvalue weighted by Crippen LogP contribution is 2.26. The number of nitrogens with one attached hydrogen (secondary N) is 3. The Kier molecular flexibility index (Phi) is 11.9. The first-order chi connectivity index (χ1) is 20.4. The third-order valence-electron chi connectivity index (χ3n) is 7.77. The van der Waals surface area contributed by atoms with Gasteiger partial charge in [-0.2, -0.15) is 0 Å². The van der Waals surface area contributed by atoms with Gasteiger partial charge in [0.15, 0.2) is 0 Å². The third kappa shape index (κ3) is 9.92. The van der Waals surface area contributed by atoms with Crippen LogP contribution >= 0.6 is 27.5 Å². The molecule has 0 bridgehead atoms. The van der Waals surface area contributed by atoms with E-state index in [0.717, 1.165) is 32.2 Å². The van der Waals surface area contributed by atoms with Crippen LogP contribution in [0.5, 0.6) is 0 Å². The highest BCUT2D eigenvalue weighted by atomic mass is 79.9. The molecule has 43 heavy (non-hydrogen) atoms. The predicted molar refractivity (Wildman–Crippen MR) is 163 cm³/mol. The van der Waals surface area contributed by atoms with Gasteiger partial charge in [-0.05, 0) is 74.5 Å². The minimum atomic E-state index is -3.74. The fourth-order valence-electron chi connectivity index (χ4n) is 5.48. The highest BCUT2D eigenvalue weighted by Gasteiger charge is 2.42. The van der Waals surface area contributed by atoms with Gasteiger partial charge in [0.2, 0.25) is 21.8 Å². The van der Waals surface area contributed by atoms with E-state index in [0.29, 0.717) is 27.9 Å². The highest BCUT2D eigenvalue weighted by molar-refractivity contribution is 9.10. The maximum absolute atomic E-state index is 14.4. The molecule has 0 saturated carbocycles. The molecule has 2 aromatic carbocycles. The van der Waals surface area contributed by atoms with Crippen LogP contribution in [0, 0.1) is 17.6 Å². The molecule has 2 amide bonds. The largest absolute Gasteiger partial charge is 0.371 e. The van der Waals surface area contributed by atoms with E-state index in [9.17, 15) is 26.8 Å². The number of carbonyl (C=O) groups is 2. The molecule has 2 aliphatic rings. The van der Waals surface area contributed by atoms with Gasteiger partial charge in [-0.3, -0.25) is 9.59 Å². The van der Waals surface area contributed by atoms with Gasteiger partial charge in [0.1, 0.15) is 23.7 Å². The van der Waals surface area contributed by atoms with Crippen molar-refractivity contribution in [2.24, 2.45) is 5.92 Å². The van der Waals surface area contributed by atoms with Crippen molar-refractivity contribution < 1.29 is 31.5 Å². The Morgan fingerprint density at radius 2 is 1.91 bits per heavy atom. The molecule has 9 nitrogen and oxygen atoms in total. The molecule has 2 heterocycles. The molecule has 2 fully saturated rings. The Labute approximate surface area is 264 Å². The Morgan fingerprint density at radius 3 is 2.58 bits per heavy atom. The summed E-state index contributed by atoms with van der Waals surface area (Å²) in [5, 5.41) is 5.98. The van der Waals surface area contributed by atoms with Crippen molar-refractivity contribution in [2.45, 2.75) is 63.4 Å². The maximum Gasteiger partial charge on any atom is 0.243 e. The van der Waals surface area contributed by atoms with E-state index in [1.54, 1.807) is 12.1 Å². The second-order valence-corrected chi connectivity index (χ2v) is 14.2. The number of carbonyl (C=O) groups excluding carboxylic acids is 2. The van der Waals surface area contributed by atoms with Gasteiger partial charge < -0.3 is 20.3 Å². The molecule has 0 unspecified atom stereocenters. The first kappa shape index (κ1) is 33.7. The van der Waals surface area contributed by atoms with Crippen molar-refractivity contribution >= 4 is 49.4 Å². The van der Waals surface area contributed by atoms with Crippen LogP contribution in [0.25, 0.3) is 0 Å². The average molecular weight is 706 g/mol. The maximum atomic E-state index is 14.4. The zero-order valence-electron chi connectivity index (χ0n) is 23.8. The number of halogens is 4. The van der Waals surface area contributed by atoms with Crippen molar-refractivity contribution in [3.8, 4) is 0 Å². The third-order valence-corrected chi connectivity index (χ3v) is 9.26. The van der Waals surface area contributed by atoms with Crippen LogP contribution in [0.15, 0.2) is 40.9 Å². The molecule has 3 N–H and O–H groups in total. The first-order valence-corrected chi connectivity index (χ1v) is 17.2. The topological polar surface area (TPSA) is 117 Å². The van der Waals surface area contributed by atoms with Crippen LogP contribution in [0.2, 0.25) is 5.02 Å². The Bertz CT molecular complexity index is 1410. The van der Waals surface area contributed by atoms with Gasteiger partial charge in [-0.25, -0.2) is 21.9 Å². The van der Waals surface area contributed by atoms with Crippen molar-refractivity contribution in [1.82, 2.24) is 20.3 Å². The molecule has 2 aromatic rings. The van der Waals surface area contributed by atoms with Crippen molar-refractivity contribution in [2.75, 3.05) is 25.9 Å². The van der Waals surface area contributed by atoms with E-state index in [2.05, 4.69) is 31.3 Å². The molecule has 14 heteroatoms. The minimum absolute atomic E-state index is 0.0206. The fraction of sp³-hybridized carbons (Fsp3) is 0.517. The van der Waals surface area contributed by atoms with E-state index in [-0.39, 0.29) is 37.6 Å². The summed E-state index contributed by atoms with van der Waals surface area (Å²) >= 11 is 9.10. The van der Waals surface area contributed by atoms with Crippen LogP contribution < -0.4 is 15.4 Å². The van der Waals surface area contributed by atoms with Crippen LogP contribution in [0.3, 0.4) is 0 Å². The Balaban J connectivity index is 1.50. The lowest BCUT2D eigenvalue weighted by Gasteiger charge is -2.30. The van der Waals surface area contributed by atoms with Crippen LogP contribution in [-0.4, -0.2) is 69.2 Å². The smallest absolute Gasteiger partial charge is 0.243 e. The molecular weight excluding hydrogens is 670 g/mol. The quantitative estimate of drug-likeness (QED) is 0.309. The molecule has 0 spiro atoms. The van der Waals surface area contributed by atoms with Crippen LogP contribution in [0.1, 0.15) is 43.2 Å². The molecule has 4 rings (SSSR count). The number of amides is 2. The molecule has 2 aliphatic heterocycles. The summed E-state index contributed by atoms with van der Waals surface area (Å²) in [6.45, 7) is 1.72. The van der Waals surface area contributed by atoms with Gasteiger partial charge in [-0.15, -0.1) is 0 Å². The molecule has 0 aliphatic carbocycles. The summed E-state index contributed by atoms with van der Waals surface area (Å²) in [4.78, 5) is 28.7. The van der Waals surface area contributed by atoms with E-state index >= 15 is 0 Å². The average Bonchev–Trinajstić information content (AvgIpc) is 3.39. The number of rotatable bonds is 12. The van der Waals surface area contributed by atoms with Gasteiger partial charge in [0.05, 0.1) is 24.0 Å². The lowest BCUT2D eigenvalue weighted by Crippen LogP contribution is -2.53. The number of nitrogens with zero attached hydrogens (tertiary/aromatic N) is 1. The summed E-state index contributed by atoms with van der Waals surface area (Å²) in [5.41, 5.74) is 0.883. The number of benzene rings is 2. The van der Waals surface area contributed by atoms with E-state index < -0.39 is 51.7 Å². The fourth-order valence-corrected chi connectivity index (χ4v) is 6.75. The molecular formula is C29H36BrClF2N4O5S. The monoisotopic (exact) mass is 704 g/mol. The second kappa shape index (κ2) is 15.2. The van der Waals surface area contributed by atoms with Crippen LogP contribution in [0.4, 0.5) is 8.78 Å². The molecule has 3 atom stereocenters. The van der Waals surface area contributed by atoms with Gasteiger partial charge in [0, 0.05) is 29.5 Å². The Morgan fingerprint density at radius 1 is 1.16 bits per heavy atom. The van der Waals surface area contributed by atoms with Crippen molar-refractivity contribution in [3.05, 3.63) is 68.7 Å². The van der Waals surface area contributed by atoms with Crippen molar-refractivity contribution in [3.63, 3.8) is 0 Å². The van der Waals surface area contributed by atoms with Crippen molar-refractivity contribution in [1.29, 1.82) is 0 Å². The van der Waals surface area contributed by atoms with E-state index in [1.807, 2.05) is 0 Å². The van der Waals surface area contributed by atoms with E-state index in [1.165, 1.54) is 29.2 Å². The summed E-state index contributed by atoms with van der Waals surface area (Å²) in [6.07, 6.45) is 3.32. The second-order valence-electron chi connectivity index (χ2n) is 11.1. The lowest BCUT2D eigenvalue weighted by atomic mass is 9.91. The SMILES string of the molecule is CS(=O)(=O)N[C@H](CCC1CCNCC1)C(=O)N1C[C@H](OCc2ccc(Br)cc2F)C[C@H]1C(=O)NCc1ccc(F)c(Cl)c1. The number of likely N-dealkylation sites (tertiary alicyclic amines) is 1. The number of sulfonamides is 1. The van der Waals surface area contributed by atoms with E-state index in [4.69, 9.17) is 16.3 Å². The number of hydrogen-bond donors (Lipinski definition) is 3. The number of hydrogen-bond acceptors (Lipinski definition) is 6. The molecule has 236 valence electrons. The van der Waals surface area contributed by atoms with Gasteiger partial charge in [-0.1, -0.05) is 39.7 Å². The molecule has 2 saturated heterocycles. The standard InChI is InChI=1S/C29H36BrClF2N4O5S/c1-43(40,41)36-26(7-3-18-8-10-34-11-9-18)29(39)37-16-22(42-17-20-4-5-21(30)13-25(20)33)14-27(37)28(38)35-15-19-2-6-24(32)23(31)12-19/h2,4-6,12-13,18,22,26-27,34,36H,3,7-11,14-17H2,1H3,(H,35,38)/t22-,26-,27+/m1/s1. The predicted octanol–water partition coefficient (Wildman–Crippen LogP) is 3.88. The first-order valence-electron chi connectivity index (χ1n) is 14.1.